The van der Waals surface area contributed by atoms with Crippen LogP contribution in [0.1, 0.15) is 0 Å². The van der Waals surface area contributed by atoms with Gasteiger partial charge < -0.3 is 9.80 Å². The van der Waals surface area contributed by atoms with Crippen LogP contribution >= 0.6 is 0 Å². The first kappa shape index (κ1) is 38.8. The number of benzene rings is 12. The van der Waals surface area contributed by atoms with Gasteiger partial charge in [-0.3, -0.25) is 4.98 Å². The SMILES string of the molecule is c1cc(-c2c3ccccc3c(-c3cccc(N4c5ccc(-c6ccncc6)cc5-c5c6ccccc6cc6cccc4c56)c3)c3ccccc23)cc(N2c3ccccc3-c3cccc4cccc2c34)c1. The second-order valence-corrected chi connectivity index (χ2v) is 18.6. The molecule has 70 heavy (non-hydrogen) atoms. The van der Waals surface area contributed by atoms with E-state index in [0.717, 1.165) is 22.6 Å². The Bertz CT molecular complexity index is 4260. The Balaban J connectivity index is 0.925. The van der Waals surface area contributed by atoms with Crippen molar-refractivity contribution in [3.8, 4) is 55.6 Å². The lowest BCUT2D eigenvalue weighted by Gasteiger charge is -2.35. The first-order valence-electron chi connectivity index (χ1n) is 24.1. The molecule has 0 aliphatic carbocycles. The maximum atomic E-state index is 4.33. The van der Waals surface area contributed by atoms with Crippen LogP contribution in [0.15, 0.2) is 249 Å². The van der Waals surface area contributed by atoms with Crippen molar-refractivity contribution in [2.75, 3.05) is 9.80 Å². The molecule has 3 heteroatoms. The zero-order chi connectivity index (χ0) is 45.9. The van der Waals surface area contributed by atoms with Gasteiger partial charge in [0, 0.05) is 51.2 Å². The Kier molecular flexibility index (Phi) is 8.36. The molecule has 1 aromatic heterocycles. The molecule has 0 N–H and O–H groups in total. The number of fused-ring (bicyclic) bond motifs is 8. The predicted molar refractivity (Wildman–Crippen MR) is 295 cm³/mol. The van der Waals surface area contributed by atoms with E-state index in [4.69, 9.17) is 0 Å². The average Bonchev–Trinajstić information content (AvgIpc) is 3.42. The zero-order valence-corrected chi connectivity index (χ0v) is 38.0. The second-order valence-electron chi connectivity index (χ2n) is 18.6. The molecular weight excluding hydrogens is 847 g/mol. The van der Waals surface area contributed by atoms with E-state index in [9.17, 15) is 0 Å². The minimum atomic E-state index is 1.12. The molecule has 3 nitrogen and oxygen atoms in total. The van der Waals surface area contributed by atoms with E-state index in [0.29, 0.717) is 0 Å². The van der Waals surface area contributed by atoms with Crippen molar-refractivity contribution in [3.63, 3.8) is 0 Å². The van der Waals surface area contributed by atoms with E-state index < -0.39 is 0 Å². The molecule has 0 radical (unpaired) electrons. The molecule has 0 amide bonds. The van der Waals surface area contributed by atoms with E-state index in [1.807, 2.05) is 12.4 Å². The third-order valence-corrected chi connectivity index (χ3v) is 14.9. The van der Waals surface area contributed by atoms with Crippen LogP contribution in [0.4, 0.5) is 34.1 Å². The minimum Gasteiger partial charge on any atom is -0.309 e. The van der Waals surface area contributed by atoms with Crippen LogP contribution < -0.4 is 9.80 Å². The molecule has 15 rings (SSSR count). The van der Waals surface area contributed by atoms with Gasteiger partial charge in [-0.25, -0.2) is 0 Å². The molecule has 324 valence electrons. The van der Waals surface area contributed by atoms with Crippen LogP contribution in [0.5, 0.6) is 0 Å². The van der Waals surface area contributed by atoms with Crippen molar-refractivity contribution in [2.24, 2.45) is 0 Å². The Morgan fingerprint density at radius 1 is 0.257 bits per heavy atom. The van der Waals surface area contributed by atoms with Crippen molar-refractivity contribution in [1.29, 1.82) is 0 Å². The highest BCUT2D eigenvalue weighted by Gasteiger charge is 2.30. The fourth-order valence-electron chi connectivity index (χ4n) is 12.0. The molecule has 0 saturated carbocycles. The number of pyridine rings is 1. The maximum absolute atomic E-state index is 4.33. The summed E-state index contributed by atoms with van der Waals surface area (Å²) in [4.78, 5) is 9.28. The van der Waals surface area contributed by atoms with Crippen LogP contribution in [0.2, 0.25) is 0 Å². The number of aromatic nitrogens is 1. The number of anilines is 6. The second kappa shape index (κ2) is 15.1. The minimum absolute atomic E-state index is 1.12. The van der Waals surface area contributed by atoms with Crippen LogP contribution in [0.3, 0.4) is 0 Å². The fraction of sp³-hybridized carbons (Fsp3) is 0. The highest BCUT2D eigenvalue weighted by Crippen LogP contribution is 2.56. The Labute approximate surface area is 405 Å². The zero-order valence-electron chi connectivity index (χ0n) is 38.0. The van der Waals surface area contributed by atoms with Gasteiger partial charge in [-0.05, 0) is 155 Å². The molecular formula is C67H41N3. The summed E-state index contributed by atoms with van der Waals surface area (Å²) in [5, 5.41) is 12.4. The quantitative estimate of drug-likeness (QED) is 0.161. The summed E-state index contributed by atoms with van der Waals surface area (Å²) >= 11 is 0. The van der Waals surface area contributed by atoms with Crippen molar-refractivity contribution in [2.45, 2.75) is 0 Å². The van der Waals surface area contributed by atoms with Gasteiger partial charge in [0.1, 0.15) is 0 Å². The van der Waals surface area contributed by atoms with Gasteiger partial charge in [0.2, 0.25) is 0 Å². The summed E-state index contributed by atoms with van der Waals surface area (Å²) in [5.74, 6) is 0. The maximum Gasteiger partial charge on any atom is 0.0546 e. The topological polar surface area (TPSA) is 19.4 Å². The molecule has 0 unspecified atom stereocenters. The fourth-order valence-corrected chi connectivity index (χ4v) is 12.0. The first-order valence-corrected chi connectivity index (χ1v) is 24.1. The van der Waals surface area contributed by atoms with Crippen molar-refractivity contribution >= 4 is 88.0 Å². The lowest BCUT2D eigenvalue weighted by atomic mass is 9.84. The number of hydrogen-bond donors (Lipinski definition) is 0. The predicted octanol–water partition coefficient (Wildman–Crippen LogP) is 18.7. The normalized spacial score (nSPS) is 12.5. The molecule has 0 saturated heterocycles. The molecule has 0 fully saturated rings. The highest BCUT2D eigenvalue weighted by atomic mass is 15.2. The third-order valence-electron chi connectivity index (χ3n) is 14.9. The Morgan fingerprint density at radius 3 is 1.43 bits per heavy atom. The summed E-state index contributed by atoms with van der Waals surface area (Å²) in [6, 6.07) is 87.7. The van der Waals surface area contributed by atoms with E-state index >= 15 is 0 Å². The van der Waals surface area contributed by atoms with Gasteiger partial charge in [-0.2, -0.15) is 0 Å². The monoisotopic (exact) mass is 887 g/mol. The first-order chi connectivity index (χ1) is 34.7. The van der Waals surface area contributed by atoms with Crippen LogP contribution in [-0.4, -0.2) is 4.98 Å². The molecule has 12 aromatic carbocycles. The highest BCUT2D eigenvalue weighted by molar-refractivity contribution is 6.24. The molecule has 2 aliphatic rings. The average molecular weight is 888 g/mol. The lowest BCUT2D eigenvalue weighted by Crippen LogP contribution is -2.15. The number of hydrogen-bond acceptors (Lipinski definition) is 3. The van der Waals surface area contributed by atoms with E-state index in [2.05, 4.69) is 251 Å². The number of nitrogens with zero attached hydrogens (tertiary/aromatic N) is 3. The molecule has 0 spiro atoms. The van der Waals surface area contributed by atoms with Crippen LogP contribution in [0, 0.1) is 0 Å². The van der Waals surface area contributed by atoms with Crippen molar-refractivity contribution in [3.05, 3.63) is 249 Å². The molecule has 0 bridgehead atoms. The van der Waals surface area contributed by atoms with Crippen LogP contribution in [-0.2, 0) is 0 Å². The summed E-state index contributed by atoms with van der Waals surface area (Å²) in [7, 11) is 0. The van der Waals surface area contributed by atoms with Gasteiger partial charge in [-0.15, -0.1) is 0 Å². The van der Waals surface area contributed by atoms with Crippen LogP contribution in [0.25, 0.3) is 109 Å². The van der Waals surface area contributed by atoms with E-state index in [1.54, 1.807) is 0 Å². The molecule has 2 aliphatic heterocycles. The van der Waals surface area contributed by atoms with Gasteiger partial charge in [0.25, 0.3) is 0 Å². The lowest BCUT2D eigenvalue weighted by molar-refractivity contribution is 1.29. The third kappa shape index (κ3) is 5.66. The smallest absolute Gasteiger partial charge is 0.0546 e. The summed E-state index contributed by atoms with van der Waals surface area (Å²) < 4.78 is 0. The summed E-state index contributed by atoms with van der Waals surface area (Å²) in [5.41, 5.74) is 19.2. The Morgan fingerprint density at radius 2 is 0.757 bits per heavy atom. The Hall–Kier alpha value is -9.31. The molecule has 0 atom stereocenters. The van der Waals surface area contributed by atoms with Gasteiger partial charge in [0.15, 0.2) is 0 Å². The number of rotatable bonds is 5. The van der Waals surface area contributed by atoms with Gasteiger partial charge in [0.05, 0.1) is 22.7 Å². The standard InChI is InChI=1S/C67H41N3/c1-2-22-51-45(14-1)38-46-19-13-31-62-66(46)67(51)58-41-44(42-34-36-68-37-35-42)32-33-60(58)70(62)50-21-10-18-48(40-50)64-56-26-5-3-24-54(56)63(55-25-4-6-27-57(55)64)47-17-9-20-49(39-47)69-59-29-8-7-23-52(59)53-28-11-15-43-16-12-30-61(69)65(43)53/h1-41H. The van der Waals surface area contributed by atoms with Crippen molar-refractivity contribution in [1.82, 2.24) is 4.98 Å². The largest absolute Gasteiger partial charge is 0.309 e. The summed E-state index contributed by atoms with van der Waals surface area (Å²) in [6.07, 6.45) is 3.76. The van der Waals surface area contributed by atoms with Gasteiger partial charge in [-0.1, -0.05) is 164 Å². The number of para-hydroxylation sites is 1. The summed E-state index contributed by atoms with van der Waals surface area (Å²) in [6.45, 7) is 0. The van der Waals surface area contributed by atoms with Gasteiger partial charge >= 0.3 is 0 Å². The van der Waals surface area contributed by atoms with E-state index in [-0.39, 0.29) is 0 Å². The molecule has 3 heterocycles. The molecule has 13 aromatic rings. The van der Waals surface area contributed by atoms with Crippen molar-refractivity contribution < 1.29 is 0 Å². The van der Waals surface area contributed by atoms with E-state index in [1.165, 1.54) is 121 Å².